The lowest BCUT2D eigenvalue weighted by atomic mass is 10.1. The van der Waals surface area contributed by atoms with Crippen molar-refractivity contribution in [2.75, 3.05) is 20.0 Å². The molecule has 0 aromatic heterocycles. The molecule has 0 saturated carbocycles. The van der Waals surface area contributed by atoms with Crippen LogP contribution in [-0.4, -0.2) is 25.8 Å². The zero-order chi connectivity index (χ0) is 15.2. The third kappa shape index (κ3) is 3.98. The minimum absolute atomic E-state index is 0.174. The number of carbonyl (C=O) groups excluding carboxylic acids is 1. The number of rotatable bonds is 6. The fraction of sp³-hybridized carbons (Fsp3) is 0.188. The Labute approximate surface area is 127 Å². The number of benzene rings is 2. The largest absolute Gasteiger partial charge is 0.497 e. The van der Waals surface area contributed by atoms with Gasteiger partial charge in [-0.3, -0.25) is 4.79 Å². The van der Waals surface area contributed by atoms with Gasteiger partial charge in [-0.15, -0.1) is 11.8 Å². The van der Waals surface area contributed by atoms with Crippen molar-refractivity contribution < 1.29 is 18.7 Å². The summed E-state index contributed by atoms with van der Waals surface area (Å²) in [6.45, 7) is 0. The number of hydrogen-bond acceptors (Lipinski definition) is 4. The van der Waals surface area contributed by atoms with E-state index in [1.165, 1.54) is 37.1 Å². The summed E-state index contributed by atoms with van der Waals surface area (Å²) in [7, 11) is 3.06. The summed E-state index contributed by atoms with van der Waals surface area (Å²) in [4.78, 5) is 13.1. The first-order valence-electron chi connectivity index (χ1n) is 6.27. The standard InChI is InChI=1S/C16H15FO3S/c1-19-12-4-6-13(7-5-12)21-10-15(18)14-9-11(17)3-8-16(14)20-2/h3-9H,10H2,1-2H3. The lowest BCUT2D eigenvalue weighted by molar-refractivity contribution is 0.101. The van der Waals surface area contributed by atoms with Gasteiger partial charge in [0.15, 0.2) is 5.78 Å². The van der Waals surface area contributed by atoms with Crippen LogP contribution in [0.1, 0.15) is 10.4 Å². The Kier molecular flexibility index (Phi) is 5.22. The van der Waals surface area contributed by atoms with Crippen molar-refractivity contribution >= 4 is 17.5 Å². The van der Waals surface area contributed by atoms with E-state index in [-0.39, 0.29) is 17.1 Å². The number of hydrogen-bond donors (Lipinski definition) is 0. The molecule has 0 aliphatic heterocycles. The third-order valence-electron chi connectivity index (χ3n) is 2.89. The molecule has 0 heterocycles. The van der Waals surface area contributed by atoms with E-state index >= 15 is 0 Å². The first-order chi connectivity index (χ1) is 10.1. The first-order valence-corrected chi connectivity index (χ1v) is 7.26. The molecule has 3 nitrogen and oxygen atoms in total. The Balaban J connectivity index is 2.05. The van der Waals surface area contributed by atoms with E-state index in [1.54, 1.807) is 7.11 Å². The lowest BCUT2D eigenvalue weighted by Gasteiger charge is -2.08. The summed E-state index contributed by atoms with van der Waals surface area (Å²) in [6.07, 6.45) is 0. The minimum atomic E-state index is -0.450. The van der Waals surface area contributed by atoms with Gasteiger partial charge in [0.2, 0.25) is 0 Å². The molecular weight excluding hydrogens is 291 g/mol. The predicted octanol–water partition coefficient (Wildman–Crippen LogP) is 3.82. The molecule has 0 bridgehead atoms. The minimum Gasteiger partial charge on any atom is -0.497 e. The Hall–Kier alpha value is -2.01. The maximum absolute atomic E-state index is 13.3. The van der Waals surface area contributed by atoms with Crippen LogP contribution in [0.15, 0.2) is 47.4 Å². The van der Waals surface area contributed by atoms with Gasteiger partial charge in [0, 0.05) is 4.90 Å². The summed E-state index contributed by atoms with van der Waals surface area (Å²) in [5.74, 6) is 0.738. The van der Waals surface area contributed by atoms with Crippen LogP contribution in [0.4, 0.5) is 4.39 Å². The molecular formula is C16H15FO3S. The van der Waals surface area contributed by atoms with Gasteiger partial charge in [-0.05, 0) is 42.5 Å². The quantitative estimate of drug-likeness (QED) is 0.600. The van der Waals surface area contributed by atoms with Crippen molar-refractivity contribution in [3.05, 3.63) is 53.8 Å². The number of halogens is 1. The Morgan fingerprint density at radius 2 is 1.81 bits per heavy atom. The molecule has 5 heteroatoms. The van der Waals surface area contributed by atoms with Crippen LogP contribution >= 0.6 is 11.8 Å². The molecule has 0 aliphatic carbocycles. The lowest BCUT2D eigenvalue weighted by Crippen LogP contribution is -2.05. The van der Waals surface area contributed by atoms with Crippen molar-refractivity contribution in [1.82, 2.24) is 0 Å². The fourth-order valence-corrected chi connectivity index (χ4v) is 2.58. The number of ketones is 1. The van der Waals surface area contributed by atoms with Gasteiger partial charge in [-0.25, -0.2) is 4.39 Å². The number of carbonyl (C=O) groups is 1. The van der Waals surface area contributed by atoms with Gasteiger partial charge in [0.25, 0.3) is 0 Å². The smallest absolute Gasteiger partial charge is 0.176 e. The molecule has 2 aromatic carbocycles. The van der Waals surface area contributed by atoms with Gasteiger partial charge in [0.05, 0.1) is 25.5 Å². The second-order valence-corrected chi connectivity index (χ2v) is 5.28. The number of methoxy groups -OCH3 is 2. The molecule has 0 fully saturated rings. The normalized spacial score (nSPS) is 10.2. The molecule has 2 aromatic rings. The number of ether oxygens (including phenoxy) is 2. The second-order valence-electron chi connectivity index (χ2n) is 4.23. The van der Waals surface area contributed by atoms with E-state index in [2.05, 4.69) is 0 Å². The van der Waals surface area contributed by atoms with Crippen LogP contribution in [-0.2, 0) is 0 Å². The van der Waals surface area contributed by atoms with Crippen molar-refractivity contribution in [2.45, 2.75) is 4.90 Å². The zero-order valence-corrected chi connectivity index (χ0v) is 12.6. The molecule has 0 atom stereocenters. The van der Waals surface area contributed by atoms with Crippen LogP contribution in [0.2, 0.25) is 0 Å². The van der Waals surface area contributed by atoms with Crippen molar-refractivity contribution in [3.63, 3.8) is 0 Å². The fourth-order valence-electron chi connectivity index (χ4n) is 1.80. The molecule has 0 N–H and O–H groups in total. The van der Waals surface area contributed by atoms with E-state index < -0.39 is 5.82 Å². The average molecular weight is 306 g/mol. The summed E-state index contributed by atoms with van der Waals surface area (Å²) < 4.78 is 23.4. The summed E-state index contributed by atoms with van der Waals surface area (Å²) in [6, 6.07) is 11.3. The van der Waals surface area contributed by atoms with E-state index in [4.69, 9.17) is 9.47 Å². The molecule has 110 valence electrons. The molecule has 21 heavy (non-hydrogen) atoms. The Morgan fingerprint density at radius 1 is 1.10 bits per heavy atom. The number of Topliss-reactive ketones (excluding diaryl/α,β-unsaturated/α-hetero) is 1. The Bertz CT molecular complexity index is 626. The third-order valence-corrected chi connectivity index (χ3v) is 3.90. The Morgan fingerprint density at radius 3 is 2.43 bits per heavy atom. The maximum atomic E-state index is 13.3. The molecule has 0 radical (unpaired) electrons. The van der Waals surface area contributed by atoms with Crippen molar-refractivity contribution in [1.29, 1.82) is 0 Å². The van der Waals surface area contributed by atoms with E-state index in [0.717, 1.165) is 10.6 Å². The van der Waals surface area contributed by atoms with Crippen molar-refractivity contribution in [3.8, 4) is 11.5 Å². The maximum Gasteiger partial charge on any atom is 0.176 e. The van der Waals surface area contributed by atoms with Gasteiger partial charge in [-0.2, -0.15) is 0 Å². The van der Waals surface area contributed by atoms with Crippen LogP contribution in [0.5, 0.6) is 11.5 Å². The topological polar surface area (TPSA) is 35.5 Å². The summed E-state index contributed by atoms with van der Waals surface area (Å²) in [5.41, 5.74) is 0.263. The highest BCUT2D eigenvalue weighted by molar-refractivity contribution is 8.00. The van der Waals surface area contributed by atoms with Crippen LogP contribution in [0.3, 0.4) is 0 Å². The van der Waals surface area contributed by atoms with Crippen LogP contribution in [0, 0.1) is 5.82 Å². The highest BCUT2D eigenvalue weighted by Crippen LogP contribution is 2.25. The molecule has 0 saturated heterocycles. The summed E-state index contributed by atoms with van der Waals surface area (Å²) in [5, 5.41) is 0. The first kappa shape index (κ1) is 15.4. The van der Waals surface area contributed by atoms with E-state index in [1.807, 2.05) is 24.3 Å². The number of thioether (sulfide) groups is 1. The van der Waals surface area contributed by atoms with Crippen LogP contribution < -0.4 is 9.47 Å². The molecule has 0 amide bonds. The SMILES string of the molecule is COc1ccc(SCC(=O)c2cc(F)ccc2OC)cc1. The van der Waals surface area contributed by atoms with Gasteiger partial charge in [0.1, 0.15) is 17.3 Å². The molecule has 0 unspecified atom stereocenters. The predicted molar refractivity (Wildman–Crippen MR) is 81.0 cm³/mol. The highest BCUT2D eigenvalue weighted by atomic mass is 32.2. The van der Waals surface area contributed by atoms with Crippen LogP contribution in [0.25, 0.3) is 0 Å². The molecule has 2 rings (SSSR count). The van der Waals surface area contributed by atoms with E-state index in [9.17, 15) is 9.18 Å². The average Bonchev–Trinajstić information content (AvgIpc) is 2.53. The van der Waals surface area contributed by atoms with E-state index in [0.29, 0.717) is 5.75 Å². The van der Waals surface area contributed by atoms with Gasteiger partial charge >= 0.3 is 0 Å². The molecule has 0 spiro atoms. The van der Waals surface area contributed by atoms with Gasteiger partial charge < -0.3 is 9.47 Å². The van der Waals surface area contributed by atoms with Gasteiger partial charge in [-0.1, -0.05) is 0 Å². The summed E-state index contributed by atoms with van der Waals surface area (Å²) >= 11 is 1.38. The zero-order valence-electron chi connectivity index (χ0n) is 11.8. The van der Waals surface area contributed by atoms with Crippen molar-refractivity contribution in [2.24, 2.45) is 0 Å². The monoisotopic (exact) mass is 306 g/mol. The second kappa shape index (κ2) is 7.13. The highest BCUT2D eigenvalue weighted by Gasteiger charge is 2.13. The molecule has 0 aliphatic rings.